The first-order chi connectivity index (χ1) is 12.7. The van der Waals surface area contributed by atoms with E-state index in [-0.39, 0.29) is 12.2 Å². The van der Waals surface area contributed by atoms with Crippen molar-refractivity contribution in [2.45, 2.75) is 38.6 Å². The van der Waals surface area contributed by atoms with Crippen molar-refractivity contribution in [2.24, 2.45) is 0 Å². The van der Waals surface area contributed by atoms with Gasteiger partial charge in [-0.25, -0.2) is 4.98 Å². The number of ether oxygens (including phenoxy) is 2. The van der Waals surface area contributed by atoms with E-state index < -0.39 is 0 Å². The Balaban J connectivity index is 1.58. The van der Waals surface area contributed by atoms with Gasteiger partial charge in [-0.15, -0.1) is 0 Å². The van der Waals surface area contributed by atoms with Gasteiger partial charge in [0.05, 0.1) is 12.2 Å². The second-order valence-corrected chi connectivity index (χ2v) is 7.30. The molecule has 2 aromatic heterocycles. The molecule has 0 aromatic carbocycles. The Morgan fingerprint density at radius 3 is 3.08 bits per heavy atom. The minimum absolute atomic E-state index is 0.0693. The summed E-state index contributed by atoms with van der Waals surface area (Å²) in [6, 6.07) is 3.77. The number of hydrogen-bond acceptors (Lipinski definition) is 5. The number of carbonyl (C=O) groups is 1. The summed E-state index contributed by atoms with van der Waals surface area (Å²) in [7, 11) is 0. The van der Waals surface area contributed by atoms with Gasteiger partial charge in [-0.2, -0.15) is 0 Å². The molecule has 6 nitrogen and oxygen atoms in total. The molecule has 0 saturated carbocycles. The molecule has 4 rings (SSSR count). The molecule has 2 aliphatic rings. The van der Waals surface area contributed by atoms with Gasteiger partial charge in [0.1, 0.15) is 5.82 Å². The molecule has 4 heterocycles. The number of anilines is 1. The molecule has 136 valence electrons. The van der Waals surface area contributed by atoms with E-state index in [2.05, 4.69) is 25.9 Å². The van der Waals surface area contributed by atoms with E-state index >= 15 is 0 Å². The zero-order valence-electron chi connectivity index (χ0n) is 14.4. The van der Waals surface area contributed by atoms with Crippen LogP contribution in [0.5, 0.6) is 0 Å². The average molecular weight is 418 g/mol. The van der Waals surface area contributed by atoms with Gasteiger partial charge < -0.3 is 9.47 Å². The molecule has 26 heavy (non-hydrogen) atoms. The van der Waals surface area contributed by atoms with Crippen LogP contribution in [0.3, 0.4) is 0 Å². The van der Waals surface area contributed by atoms with E-state index in [1.165, 1.54) is 0 Å². The van der Waals surface area contributed by atoms with Gasteiger partial charge in [0.25, 0.3) is 5.91 Å². The number of pyridine rings is 2. The van der Waals surface area contributed by atoms with Gasteiger partial charge in [-0.05, 0) is 43.4 Å². The number of aromatic nitrogens is 2. The van der Waals surface area contributed by atoms with Crippen molar-refractivity contribution in [3.05, 3.63) is 51.9 Å². The third-order valence-electron chi connectivity index (χ3n) is 4.77. The summed E-state index contributed by atoms with van der Waals surface area (Å²) in [6.07, 6.45) is 8.74. The van der Waals surface area contributed by atoms with Crippen molar-refractivity contribution in [3.8, 4) is 0 Å². The normalized spacial score (nSPS) is 20.1. The van der Waals surface area contributed by atoms with Crippen LogP contribution in [-0.2, 0) is 22.5 Å². The van der Waals surface area contributed by atoms with Gasteiger partial charge in [0.2, 0.25) is 0 Å². The predicted molar refractivity (Wildman–Crippen MR) is 99.9 cm³/mol. The number of hydrogen-bond donors (Lipinski definition) is 0. The summed E-state index contributed by atoms with van der Waals surface area (Å²) in [4.78, 5) is 23.2. The Kier molecular flexibility index (Phi) is 5.28. The molecular formula is C19H20BrN3O3. The molecule has 1 unspecified atom stereocenters. The Morgan fingerprint density at radius 1 is 1.31 bits per heavy atom. The molecule has 1 atom stereocenters. The Morgan fingerprint density at radius 2 is 2.23 bits per heavy atom. The van der Waals surface area contributed by atoms with E-state index in [4.69, 9.17) is 9.47 Å². The van der Waals surface area contributed by atoms with Crippen LogP contribution in [-0.4, -0.2) is 35.3 Å². The highest BCUT2D eigenvalue weighted by molar-refractivity contribution is 9.10. The van der Waals surface area contributed by atoms with Crippen molar-refractivity contribution in [1.82, 2.24) is 9.97 Å². The van der Waals surface area contributed by atoms with Crippen LogP contribution in [0.15, 0.2) is 35.2 Å². The van der Waals surface area contributed by atoms with Crippen LogP contribution in [0.4, 0.5) is 5.82 Å². The maximum Gasteiger partial charge on any atom is 0.261 e. The van der Waals surface area contributed by atoms with E-state index in [0.717, 1.165) is 47.9 Å². The Bertz CT molecular complexity index is 808. The molecule has 0 aliphatic carbocycles. The van der Waals surface area contributed by atoms with Gasteiger partial charge in [-0.3, -0.25) is 14.7 Å². The van der Waals surface area contributed by atoms with Crippen LogP contribution in [0.1, 0.15) is 40.7 Å². The average Bonchev–Trinajstić information content (AvgIpc) is 2.68. The standard InChI is InChI=1S/C19H20BrN3O3/c20-16-5-8-22-18(15(16)12-26-17-3-1-2-10-25-17)23-9-6-13-4-7-21-11-14(13)19(23)24/h4-5,7-8,11,17H,1-3,6,9-10,12H2. The van der Waals surface area contributed by atoms with E-state index in [1.54, 1.807) is 23.5 Å². The van der Waals surface area contributed by atoms with Crippen LogP contribution >= 0.6 is 15.9 Å². The minimum Gasteiger partial charge on any atom is -0.353 e. The minimum atomic E-state index is -0.189. The molecule has 0 N–H and O–H groups in total. The fourth-order valence-corrected chi connectivity index (χ4v) is 3.77. The summed E-state index contributed by atoms with van der Waals surface area (Å²) < 4.78 is 12.5. The lowest BCUT2D eigenvalue weighted by atomic mass is 10.0. The topological polar surface area (TPSA) is 64.6 Å². The van der Waals surface area contributed by atoms with E-state index in [1.807, 2.05) is 12.1 Å². The first-order valence-electron chi connectivity index (χ1n) is 8.85. The van der Waals surface area contributed by atoms with Crippen LogP contribution in [0, 0.1) is 0 Å². The molecule has 2 aromatic rings. The zero-order valence-corrected chi connectivity index (χ0v) is 15.9. The second kappa shape index (κ2) is 7.82. The SMILES string of the molecule is O=C1c2cnccc2CCN1c1nccc(Br)c1COC1CCCCO1. The number of fused-ring (bicyclic) bond motifs is 1. The van der Waals surface area contributed by atoms with E-state index in [9.17, 15) is 4.79 Å². The summed E-state index contributed by atoms with van der Waals surface area (Å²) in [6.45, 7) is 1.67. The van der Waals surface area contributed by atoms with Crippen LogP contribution in [0.25, 0.3) is 0 Å². The molecule has 0 radical (unpaired) electrons. The maximum absolute atomic E-state index is 13.0. The lowest BCUT2D eigenvalue weighted by molar-refractivity contribution is -0.168. The Hall–Kier alpha value is -1.83. The molecule has 0 bridgehead atoms. The molecular weight excluding hydrogens is 398 g/mol. The number of carbonyl (C=O) groups excluding carboxylic acids is 1. The summed E-state index contributed by atoms with van der Waals surface area (Å²) >= 11 is 3.58. The molecule has 1 fully saturated rings. The van der Waals surface area contributed by atoms with Crippen molar-refractivity contribution < 1.29 is 14.3 Å². The highest BCUT2D eigenvalue weighted by Crippen LogP contribution is 2.31. The molecule has 0 spiro atoms. The smallest absolute Gasteiger partial charge is 0.261 e. The number of rotatable bonds is 4. The van der Waals surface area contributed by atoms with Gasteiger partial charge in [0, 0.05) is 41.8 Å². The number of amides is 1. The molecule has 2 aliphatic heterocycles. The molecule has 1 saturated heterocycles. The predicted octanol–water partition coefficient (Wildman–Crippen LogP) is 3.49. The lowest BCUT2D eigenvalue weighted by Gasteiger charge is -2.30. The van der Waals surface area contributed by atoms with Crippen molar-refractivity contribution in [3.63, 3.8) is 0 Å². The fourth-order valence-electron chi connectivity index (χ4n) is 3.36. The first kappa shape index (κ1) is 17.6. The third kappa shape index (κ3) is 3.51. The van der Waals surface area contributed by atoms with Crippen LogP contribution in [0.2, 0.25) is 0 Å². The monoisotopic (exact) mass is 417 g/mol. The highest BCUT2D eigenvalue weighted by Gasteiger charge is 2.29. The summed E-state index contributed by atoms with van der Waals surface area (Å²) in [5.74, 6) is 0.565. The van der Waals surface area contributed by atoms with E-state index in [0.29, 0.717) is 24.5 Å². The zero-order chi connectivity index (χ0) is 17.9. The number of nitrogens with zero attached hydrogens (tertiary/aromatic N) is 3. The summed E-state index contributed by atoms with van der Waals surface area (Å²) in [5, 5.41) is 0. The van der Waals surface area contributed by atoms with Crippen molar-refractivity contribution >= 4 is 27.7 Å². The largest absolute Gasteiger partial charge is 0.353 e. The van der Waals surface area contributed by atoms with Crippen molar-refractivity contribution in [2.75, 3.05) is 18.1 Å². The Labute approximate surface area is 160 Å². The lowest BCUT2D eigenvalue weighted by Crippen LogP contribution is -2.39. The molecule has 7 heteroatoms. The van der Waals surface area contributed by atoms with Gasteiger partial charge >= 0.3 is 0 Å². The fraction of sp³-hybridized carbons (Fsp3) is 0.421. The maximum atomic E-state index is 13.0. The molecule has 1 amide bonds. The third-order valence-corrected chi connectivity index (χ3v) is 5.52. The highest BCUT2D eigenvalue weighted by atomic mass is 79.9. The van der Waals surface area contributed by atoms with Gasteiger partial charge in [0.15, 0.2) is 6.29 Å². The van der Waals surface area contributed by atoms with Gasteiger partial charge in [-0.1, -0.05) is 15.9 Å². The quantitative estimate of drug-likeness (QED) is 0.761. The first-order valence-corrected chi connectivity index (χ1v) is 9.64. The van der Waals surface area contributed by atoms with Crippen molar-refractivity contribution in [1.29, 1.82) is 0 Å². The second-order valence-electron chi connectivity index (χ2n) is 6.44. The van der Waals surface area contributed by atoms with Crippen LogP contribution < -0.4 is 4.90 Å². The summed E-state index contributed by atoms with van der Waals surface area (Å²) in [5.41, 5.74) is 2.54. The number of halogens is 1.